The number of hydrogen-bond acceptors (Lipinski definition) is 5. The van der Waals surface area contributed by atoms with E-state index in [0.717, 1.165) is 17.5 Å². The third-order valence-electron chi connectivity index (χ3n) is 4.25. The van der Waals surface area contributed by atoms with E-state index in [1.165, 1.54) is 0 Å². The number of para-hydroxylation sites is 1. The van der Waals surface area contributed by atoms with Crippen LogP contribution in [0.4, 0.5) is 0 Å². The first kappa shape index (κ1) is 20.9. The summed E-state index contributed by atoms with van der Waals surface area (Å²) in [5.41, 5.74) is 7.02. The maximum atomic E-state index is 12.3. The average molecular weight is 405 g/mol. The van der Waals surface area contributed by atoms with Gasteiger partial charge in [-0.25, -0.2) is 0 Å². The second kappa shape index (κ2) is 10.6. The molecule has 2 aromatic carbocycles. The zero-order valence-corrected chi connectivity index (χ0v) is 16.6. The van der Waals surface area contributed by atoms with Crippen molar-refractivity contribution in [3.8, 4) is 11.5 Å². The number of nitrogens with zero attached hydrogens (tertiary/aromatic N) is 1. The summed E-state index contributed by atoms with van der Waals surface area (Å²) in [4.78, 5) is 28.3. The van der Waals surface area contributed by atoms with Crippen molar-refractivity contribution in [3.63, 3.8) is 0 Å². The highest BCUT2D eigenvalue weighted by molar-refractivity contribution is 5.95. The molecule has 0 saturated heterocycles. The van der Waals surface area contributed by atoms with E-state index in [9.17, 15) is 9.59 Å². The molecule has 0 aliphatic heterocycles. The van der Waals surface area contributed by atoms with Crippen LogP contribution in [-0.4, -0.2) is 23.4 Å². The number of pyridine rings is 1. The van der Waals surface area contributed by atoms with Crippen molar-refractivity contribution < 1.29 is 19.1 Å². The second-order valence-electron chi connectivity index (χ2n) is 6.43. The number of hydrogen-bond donors (Lipinski definition) is 2. The number of amides is 2. The highest BCUT2D eigenvalue weighted by atomic mass is 16.5. The number of benzene rings is 2. The molecule has 1 aromatic heterocycles. The molecular formula is C23H23N3O4. The number of aryl methyl sites for hydroxylation is 1. The van der Waals surface area contributed by atoms with Gasteiger partial charge in [-0.1, -0.05) is 37.3 Å². The van der Waals surface area contributed by atoms with Gasteiger partial charge in [-0.2, -0.15) is 0 Å². The molecule has 3 rings (SSSR count). The molecule has 30 heavy (non-hydrogen) atoms. The zero-order valence-electron chi connectivity index (χ0n) is 16.6. The van der Waals surface area contributed by atoms with Gasteiger partial charge in [-0.05, 0) is 42.3 Å². The third kappa shape index (κ3) is 6.07. The van der Waals surface area contributed by atoms with E-state index in [2.05, 4.69) is 15.8 Å². The predicted octanol–water partition coefficient (Wildman–Crippen LogP) is 3.06. The summed E-state index contributed by atoms with van der Waals surface area (Å²) in [6, 6.07) is 17.9. The van der Waals surface area contributed by atoms with Crippen molar-refractivity contribution in [3.05, 3.63) is 89.7 Å². The van der Waals surface area contributed by atoms with Gasteiger partial charge in [0.15, 0.2) is 6.61 Å². The summed E-state index contributed by atoms with van der Waals surface area (Å²) in [6.45, 7) is 2.15. The number of aromatic nitrogens is 1. The minimum absolute atomic E-state index is 0.203. The van der Waals surface area contributed by atoms with Crippen LogP contribution < -0.4 is 20.3 Å². The normalized spacial score (nSPS) is 10.2. The lowest BCUT2D eigenvalue weighted by molar-refractivity contribution is -0.123. The molecule has 7 nitrogen and oxygen atoms in total. The fraction of sp³-hybridized carbons (Fsp3) is 0.174. The van der Waals surface area contributed by atoms with Gasteiger partial charge in [-0.15, -0.1) is 0 Å². The molecule has 2 amide bonds. The highest BCUT2D eigenvalue weighted by Gasteiger charge is 2.10. The molecule has 0 atom stereocenters. The fourth-order valence-electron chi connectivity index (χ4n) is 2.69. The molecule has 0 fully saturated rings. The molecule has 3 aromatic rings. The molecule has 0 unspecified atom stereocenters. The predicted molar refractivity (Wildman–Crippen MR) is 112 cm³/mol. The molecule has 154 valence electrons. The Labute approximate surface area is 175 Å². The molecule has 0 spiro atoms. The van der Waals surface area contributed by atoms with Crippen molar-refractivity contribution in [1.82, 2.24) is 15.8 Å². The van der Waals surface area contributed by atoms with Gasteiger partial charge in [0.05, 0.1) is 0 Å². The Morgan fingerprint density at radius 2 is 1.83 bits per heavy atom. The van der Waals surface area contributed by atoms with Crippen LogP contribution in [0.25, 0.3) is 0 Å². The first-order valence-corrected chi connectivity index (χ1v) is 9.57. The first-order chi connectivity index (χ1) is 14.7. The summed E-state index contributed by atoms with van der Waals surface area (Å²) in [5.74, 6) is 0.277. The van der Waals surface area contributed by atoms with Gasteiger partial charge in [-0.3, -0.25) is 25.4 Å². The van der Waals surface area contributed by atoms with Gasteiger partial charge in [0.25, 0.3) is 11.8 Å². The van der Waals surface area contributed by atoms with Crippen LogP contribution in [0, 0.1) is 0 Å². The van der Waals surface area contributed by atoms with Gasteiger partial charge >= 0.3 is 0 Å². The van der Waals surface area contributed by atoms with Crippen LogP contribution in [0.15, 0.2) is 73.1 Å². The van der Waals surface area contributed by atoms with Crippen molar-refractivity contribution >= 4 is 11.8 Å². The van der Waals surface area contributed by atoms with Gasteiger partial charge in [0.2, 0.25) is 0 Å². The third-order valence-corrected chi connectivity index (χ3v) is 4.25. The van der Waals surface area contributed by atoms with Crippen molar-refractivity contribution in [2.75, 3.05) is 6.61 Å². The summed E-state index contributed by atoms with van der Waals surface area (Å²) < 4.78 is 11.2. The molecule has 0 aliphatic rings. The van der Waals surface area contributed by atoms with Gasteiger partial charge in [0, 0.05) is 23.5 Å². The molecular weight excluding hydrogens is 382 g/mol. The Balaban J connectivity index is 1.47. The van der Waals surface area contributed by atoms with E-state index in [0.29, 0.717) is 23.7 Å². The van der Waals surface area contributed by atoms with Crippen molar-refractivity contribution in [1.29, 1.82) is 0 Å². The van der Waals surface area contributed by atoms with E-state index >= 15 is 0 Å². The molecule has 0 aliphatic carbocycles. The number of ether oxygens (including phenoxy) is 2. The highest BCUT2D eigenvalue weighted by Crippen LogP contribution is 2.18. The molecule has 7 heteroatoms. The van der Waals surface area contributed by atoms with E-state index in [4.69, 9.17) is 9.47 Å². The summed E-state index contributed by atoms with van der Waals surface area (Å²) in [6.07, 6.45) is 4.21. The lowest BCUT2D eigenvalue weighted by Gasteiger charge is -2.11. The largest absolute Gasteiger partial charge is 0.489 e. The molecule has 0 bridgehead atoms. The van der Waals surface area contributed by atoms with E-state index in [1.54, 1.807) is 36.7 Å². The molecule has 0 radical (unpaired) electrons. The fourth-order valence-corrected chi connectivity index (χ4v) is 2.69. The average Bonchev–Trinajstić information content (AvgIpc) is 2.80. The van der Waals surface area contributed by atoms with Gasteiger partial charge in [0.1, 0.15) is 18.1 Å². The van der Waals surface area contributed by atoms with Crippen molar-refractivity contribution in [2.45, 2.75) is 20.0 Å². The summed E-state index contributed by atoms with van der Waals surface area (Å²) in [5, 5.41) is 0. The summed E-state index contributed by atoms with van der Waals surface area (Å²) in [7, 11) is 0. The van der Waals surface area contributed by atoms with Crippen LogP contribution >= 0.6 is 0 Å². The SMILES string of the molecule is CCc1ccccc1OCC(=O)NNC(=O)c1cccc(OCc2cccnc2)c1. The Hall–Kier alpha value is -3.87. The smallest absolute Gasteiger partial charge is 0.276 e. The van der Waals surface area contributed by atoms with Crippen LogP contribution in [-0.2, 0) is 17.8 Å². The number of hydrazine groups is 1. The number of rotatable bonds is 8. The minimum Gasteiger partial charge on any atom is -0.489 e. The topological polar surface area (TPSA) is 89.6 Å². The van der Waals surface area contributed by atoms with E-state index in [-0.39, 0.29) is 6.61 Å². The minimum atomic E-state index is -0.460. The lowest BCUT2D eigenvalue weighted by Crippen LogP contribution is -2.43. The van der Waals surface area contributed by atoms with Crippen LogP contribution in [0.5, 0.6) is 11.5 Å². The Kier molecular flexibility index (Phi) is 7.38. The monoisotopic (exact) mass is 405 g/mol. The summed E-state index contributed by atoms with van der Waals surface area (Å²) >= 11 is 0. The lowest BCUT2D eigenvalue weighted by atomic mass is 10.1. The zero-order chi connectivity index (χ0) is 21.2. The van der Waals surface area contributed by atoms with Gasteiger partial charge < -0.3 is 9.47 Å². The quantitative estimate of drug-likeness (QED) is 0.562. The maximum Gasteiger partial charge on any atom is 0.276 e. The van der Waals surface area contributed by atoms with Crippen molar-refractivity contribution in [2.24, 2.45) is 0 Å². The standard InChI is InChI=1S/C23H23N3O4/c1-2-18-8-3-4-11-21(18)30-16-22(27)25-26-23(28)19-9-5-10-20(13-19)29-15-17-7-6-12-24-14-17/h3-14H,2,15-16H2,1H3,(H,25,27)(H,26,28). The first-order valence-electron chi connectivity index (χ1n) is 9.57. The number of nitrogens with one attached hydrogen (secondary N) is 2. The van der Waals surface area contributed by atoms with E-state index < -0.39 is 11.8 Å². The Morgan fingerprint density at radius 1 is 0.967 bits per heavy atom. The maximum absolute atomic E-state index is 12.3. The van der Waals surface area contributed by atoms with Crippen LogP contribution in [0.2, 0.25) is 0 Å². The van der Waals surface area contributed by atoms with Crippen LogP contribution in [0.1, 0.15) is 28.4 Å². The number of carbonyl (C=O) groups is 2. The van der Waals surface area contributed by atoms with E-state index in [1.807, 2.05) is 43.3 Å². The molecule has 0 saturated carbocycles. The number of carbonyl (C=O) groups excluding carboxylic acids is 2. The Bertz CT molecular complexity index is 993. The Morgan fingerprint density at radius 3 is 2.63 bits per heavy atom. The van der Waals surface area contributed by atoms with Crippen LogP contribution in [0.3, 0.4) is 0 Å². The molecule has 2 N–H and O–H groups in total. The molecule has 1 heterocycles. The second-order valence-corrected chi connectivity index (χ2v) is 6.43.